The van der Waals surface area contributed by atoms with Gasteiger partial charge in [0.15, 0.2) is 6.29 Å². The predicted octanol–water partition coefficient (Wildman–Crippen LogP) is 2.46. The Balaban J connectivity index is 3.60. The summed E-state index contributed by atoms with van der Waals surface area (Å²) >= 11 is 0. The first-order chi connectivity index (χ1) is 7.95. The number of aldehydes is 1. The molecule has 0 amide bonds. The lowest BCUT2D eigenvalue weighted by atomic mass is 9.95. The van der Waals surface area contributed by atoms with Crippen LogP contribution in [0.15, 0.2) is 12.1 Å². The summed E-state index contributed by atoms with van der Waals surface area (Å²) in [5.74, 6) is 0. The fraction of sp³-hybridized carbons (Fsp3) is 0.182. The summed E-state index contributed by atoms with van der Waals surface area (Å²) in [7, 11) is 0. The van der Waals surface area contributed by atoms with Gasteiger partial charge in [0.2, 0.25) is 0 Å². The molecule has 1 rings (SSSR count). The lowest BCUT2D eigenvalue weighted by Gasteiger charge is -2.12. The zero-order chi connectivity index (χ0) is 13.1. The maximum atomic E-state index is 12.6. The summed E-state index contributed by atoms with van der Waals surface area (Å²) in [5.41, 5.74) is -2.05. The van der Waals surface area contributed by atoms with Gasteiger partial charge in [0.1, 0.15) is 0 Å². The molecule has 1 aromatic rings. The van der Waals surface area contributed by atoms with Crippen molar-refractivity contribution in [2.75, 3.05) is 0 Å². The molecule has 0 unspecified atom stereocenters. The van der Waals surface area contributed by atoms with Crippen molar-refractivity contribution >= 4 is 6.29 Å². The van der Waals surface area contributed by atoms with Gasteiger partial charge in [-0.1, -0.05) is 0 Å². The normalized spacial score (nSPS) is 10.4. The van der Waals surface area contributed by atoms with E-state index < -0.39 is 23.7 Å². The molecule has 0 saturated heterocycles. The average Bonchev–Trinajstić information content (AvgIpc) is 2.27. The summed E-state index contributed by atoms with van der Waals surface area (Å²) in [6, 6.07) is 4.92. The fourth-order valence-electron chi connectivity index (χ4n) is 1.42. The molecular weight excluding hydrogens is 233 g/mol. The molecule has 0 atom stereocenters. The maximum absolute atomic E-state index is 12.6. The third-order valence-electron chi connectivity index (χ3n) is 2.16. The Morgan fingerprint density at radius 2 is 1.94 bits per heavy atom. The molecule has 0 aliphatic rings. The Labute approximate surface area is 94.7 Å². The van der Waals surface area contributed by atoms with E-state index in [1.54, 1.807) is 12.1 Å². The van der Waals surface area contributed by atoms with E-state index in [9.17, 15) is 18.0 Å². The Morgan fingerprint density at radius 1 is 1.29 bits per heavy atom. The van der Waals surface area contributed by atoms with E-state index in [0.29, 0.717) is 6.07 Å². The molecule has 1 aromatic carbocycles. The minimum atomic E-state index is -4.69. The van der Waals surface area contributed by atoms with Crippen molar-refractivity contribution in [2.45, 2.75) is 12.6 Å². The Bertz CT molecular complexity index is 535. The highest BCUT2D eigenvalue weighted by molar-refractivity contribution is 5.81. The van der Waals surface area contributed by atoms with Gasteiger partial charge in [-0.15, -0.1) is 0 Å². The molecule has 0 spiro atoms. The highest BCUT2D eigenvalue weighted by Crippen LogP contribution is 2.33. The molecule has 0 aliphatic heterocycles. The molecule has 0 radical (unpaired) electrons. The van der Waals surface area contributed by atoms with Gasteiger partial charge in [-0.25, -0.2) is 0 Å². The molecule has 3 nitrogen and oxygen atoms in total. The van der Waals surface area contributed by atoms with Gasteiger partial charge in [0, 0.05) is 5.56 Å². The number of nitrogens with zero attached hydrogens (tertiary/aromatic N) is 2. The van der Waals surface area contributed by atoms with Crippen LogP contribution in [-0.2, 0) is 12.6 Å². The highest BCUT2D eigenvalue weighted by atomic mass is 19.4. The quantitative estimate of drug-likeness (QED) is 0.743. The van der Waals surface area contributed by atoms with Crippen molar-refractivity contribution in [3.05, 3.63) is 34.4 Å². The summed E-state index contributed by atoms with van der Waals surface area (Å²) in [6.07, 6.45) is -5.08. The topological polar surface area (TPSA) is 64.7 Å². The van der Waals surface area contributed by atoms with Crippen LogP contribution < -0.4 is 0 Å². The van der Waals surface area contributed by atoms with Gasteiger partial charge in [0.25, 0.3) is 0 Å². The van der Waals surface area contributed by atoms with E-state index in [0.717, 1.165) is 6.07 Å². The van der Waals surface area contributed by atoms with E-state index in [2.05, 4.69) is 0 Å². The van der Waals surface area contributed by atoms with Crippen LogP contribution in [0.2, 0.25) is 0 Å². The van der Waals surface area contributed by atoms with Gasteiger partial charge < -0.3 is 0 Å². The van der Waals surface area contributed by atoms with Crippen molar-refractivity contribution in [1.82, 2.24) is 0 Å². The van der Waals surface area contributed by atoms with Gasteiger partial charge in [-0.2, -0.15) is 23.7 Å². The second-order valence-electron chi connectivity index (χ2n) is 3.12. The molecule has 17 heavy (non-hydrogen) atoms. The smallest absolute Gasteiger partial charge is 0.298 e. The summed E-state index contributed by atoms with van der Waals surface area (Å²) in [5, 5.41) is 17.2. The highest BCUT2D eigenvalue weighted by Gasteiger charge is 2.34. The van der Waals surface area contributed by atoms with Gasteiger partial charge >= 0.3 is 6.18 Å². The van der Waals surface area contributed by atoms with Crippen molar-refractivity contribution in [1.29, 1.82) is 10.5 Å². The first-order valence-corrected chi connectivity index (χ1v) is 4.41. The third kappa shape index (κ3) is 2.43. The van der Waals surface area contributed by atoms with Crippen molar-refractivity contribution in [3.8, 4) is 12.1 Å². The van der Waals surface area contributed by atoms with Crippen LogP contribution in [0.5, 0.6) is 0 Å². The predicted molar refractivity (Wildman–Crippen MR) is 50.9 cm³/mol. The van der Waals surface area contributed by atoms with Crippen LogP contribution in [0, 0.1) is 22.7 Å². The fourth-order valence-corrected chi connectivity index (χ4v) is 1.42. The number of hydrogen-bond donors (Lipinski definition) is 0. The van der Waals surface area contributed by atoms with Gasteiger partial charge in [-0.05, 0) is 17.7 Å². The number of carbonyl (C=O) groups excluding carboxylic acids is 1. The lowest BCUT2D eigenvalue weighted by molar-refractivity contribution is -0.137. The van der Waals surface area contributed by atoms with Crippen LogP contribution in [0.25, 0.3) is 0 Å². The lowest BCUT2D eigenvalue weighted by Crippen LogP contribution is -2.12. The number of rotatable bonds is 2. The van der Waals surface area contributed by atoms with Crippen molar-refractivity contribution in [3.63, 3.8) is 0 Å². The zero-order valence-electron chi connectivity index (χ0n) is 8.38. The minimum Gasteiger partial charge on any atom is -0.298 e. The molecule has 0 saturated carbocycles. The third-order valence-corrected chi connectivity index (χ3v) is 2.16. The van der Waals surface area contributed by atoms with E-state index in [1.807, 2.05) is 0 Å². The Morgan fingerprint density at radius 3 is 2.35 bits per heavy atom. The molecule has 0 aromatic heterocycles. The minimum absolute atomic E-state index is 0.0241. The monoisotopic (exact) mass is 238 g/mol. The number of carbonyl (C=O) groups is 1. The van der Waals surface area contributed by atoms with E-state index in [1.165, 1.54) is 0 Å². The number of benzene rings is 1. The average molecular weight is 238 g/mol. The molecule has 86 valence electrons. The van der Waals surface area contributed by atoms with Crippen molar-refractivity contribution in [2.24, 2.45) is 0 Å². The van der Waals surface area contributed by atoms with Crippen LogP contribution in [0.3, 0.4) is 0 Å². The van der Waals surface area contributed by atoms with Gasteiger partial charge in [0.05, 0.1) is 29.7 Å². The number of nitriles is 2. The Kier molecular flexibility index (Phi) is 3.49. The Hall–Kier alpha value is -2.34. The standard InChI is InChI=1S/C11H5F3N2O/c12-11(13,14)10-2-1-7(5-16)8(3-4-15)9(10)6-17/h1-2,6H,3H2. The number of hydrogen-bond acceptors (Lipinski definition) is 3. The number of halogens is 3. The molecule has 0 bridgehead atoms. The second-order valence-corrected chi connectivity index (χ2v) is 3.12. The summed E-state index contributed by atoms with van der Waals surface area (Å²) < 4.78 is 37.7. The van der Waals surface area contributed by atoms with Crippen LogP contribution in [0.1, 0.15) is 27.0 Å². The summed E-state index contributed by atoms with van der Waals surface area (Å²) in [6.45, 7) is 0. The molecule has 0 N–H and O–H groups in total. The largest absolute Gasteiger partial charge is 0.417 e. The zero-order valence-corrected chi connectivity index (χ0v) is 8.38. The van der Waals surface area contributed by atoms with Crippen LogP contribution >= 0.6 is 0 Å². The van der Waals surface area contributed by atoms with Crippen LogP contribution in [0.4, 0.5) is 13.2 Å². The van der Waals surface area contributed by atoms with Crippen molar-refractivity contribution < 1.29 is 18.0 Å². The first kappa shape index (κ1) is 12.7. The van der Waals surface area contributed by atoms with E-state index in [4.69, 9.17) is 10.5 Å². The van der Waals surface area contributed by atoms with E-state index in [-0.39, 0.29) is 17.4 Å². The second kappa shape index (κ2) is 4.67. The van der Waals surface area contributed by atoms with Crippen LogP contribution in [-0.4, -0.2) is 6.29 Å². The maximum Gasteiger partial charge on any atom is 0.417 e. The van der Waals surface area contributed by atoms with Gasteiger partial charge in [-0.3, -0.25) is 4.79 Å². The SMILES string of the molecule is N#CCc1c(C#N)ccc(C(F)(F)F)c1C=O. The molecule has 0 fully saturated rings. The molecule has 0 heterocycles. The first-order valence-electron chi connectivity index (χ1n) is 4.41. The molecule has 6 heteroatoms. The van der Waals surface area contributed by atoms with E-state index >= 15 is 0 Å². The summed E-state index contributed by atoms with van der Waals surface area (Å²) in [4.78, 5) is 10.7. The number of alkyl halides is 3. The molecule has 0 aliphatic carbocycles. The molecular formula is C11H5F3N2O.